The molecule has 0 saturated carbocycles. The number of thiophene rings is 1. The van der Waals surface area contributed by atoms with E-state index in [0.717, 1.165) is 16.7 Å². The summed E-state index contributed by atoms with van der Waals surface area (Å²) < 4.78 is 14.4. The average molecular weight is 347 g/mol. The molecule has 0 fully saturated rings. The van der Waals surface area contributed by atoms with Gasteiger partial charge in [-0.25, -0.2) is 4.39 Å². The largest absolute Gasteiger partial charge is 0.320 e. The lowest BCUT2D eigenvalue weighted by molar-refractivity contribution is 0.622. The summed E-state index contributed by atoms with van der Waals surface area (Å²) in [5.74, 6) is -0.227. The van der Waals surface area contributed by atoms with E-state index in [2.05, 4.69) is 22.6 Å². The second-order valence-corrected chi connectivity index (χ2v) is 6.53. The fourth-order valence-corrected chi connectivity index (χ4v) is 3.03. The first-order valence-corrected chi connectivity index (χ1v) is 6.78. The molecular weight excluding hydrogens is 336 g/mol. The van der Waals surface area contributed by atoms with Crippen molar-refractivity contribution < 1.29 is 4.39 Å². The lowest BCUT2D eigenvalue weighted by Crippen LogP contribution is -2.11. The van der Waals surface area contributed by atoms with Gasteiger partial charge in [-0.3, -0.25) is 0 Å². The molecule has 0 aliphatic carbocycles. The Morgan fingerprint density at radius 3 is 2.56 bits per heavy atom. The van der Waals surface area contributed by atoms with Crippen LogP contribution in [0.15, 0.2) is 29.6 Å². The molecule has 1 aromatic heterocycles. The first kappa shape index (κ1) is 12.0. The van der Waals surface area contributed by atoms with Crippen LogP contribution in [-0.2, 0) is 0 Å². The van der Waals surface area contributed by atoms with Crippen LogP contribution in [0.1, 0.15) is 22.7 Å². The van der Waals surface area contributed by atoms with Gasteiger partial charge in [-0.05, 0) is 69.8 Å². The van der Waals surface area contributed by atoms with E-state index in [1.54, 1.807) is 11.3 Å². The first-order valence-electron chi connectivity index (χ1n) is 4.83. The van der Waals surface area contributed by atoms with Crippen molar-refractivity contribution in [3.05, 3.63) is 55.0 Å². The molecule has 0 saturated heterocycles. The normalized spacial score (nSPS) is 12.8. The van der Waals surface area contributed by atoms with Gasteiger partial charge in [0.05, 0.1) is 8.93 Å². The van der Waals surface area contributed by atoms with Gasteiger partial charge in [-0.15, -0.1) is 11.3 Å². The molecule has 0 amide bonds. The lowest BCUT2D eigenvalue weighted by atomic mass is 10.0. The summed E-state index contributed by atoms with van der Waals surface area (Å²) in [6.07, 6.45) is 0. The van der Waals surface area contributed by atoms with Gasteiger partial charge in [0, 0.05) is 0 Å². The number of rotatable bonds is 2. The van der Waals surface area contributed by atoms with Gasteiger partial charge in [-0.1, -0.05) is 6.07 Å². The topological polar surface area (TPSA) is 26.0 Å². The Morgan fingerprint density at radius 1 is 1.25 bits per heavy atom. The molecular formula is C12H11FINS. The van der Waals surface area contributed by atoms with Crippen LogP contribution in [0, 0.1) is 15.6 Å². The van der Waals surface area contributed by atoms with Gasteiger partial charge >= 0.3 is 0 Å². The summed E-state index contributed by atoms with van der Waals surface area (Å²) in [6, 6.07) is 6.73. The zero-order valence-electron chi connectivity index (χ0n) is 8.71. The number of aryl methyl sites for hydroxylation is 1. The van der Waals surface area contributed by atoms with Gasteiger partial charge in [0.25, 0.3) is 0 Å². The lowest BCUT2D eigenvalue weighted by Gasteiger charge is -2.11. The standard InChI is InChI=1S/C12H11FINS/c1-7-2-8(4-10(13)3-7)12(15)9-5-11(14)16-6-9/h2-6,12H,15H2,1H3. The van der Waals surface area contributed by atoms with E-state index >= 15 is 0 Å². The molecule has 1 nitrogen and oxygen atoms in total. The van der Waals surface area contributed by atoms with Crippen LogP contribution in [0.4, 0.5) is 4.39 Å². The van der Waals surface area contributed by atoms with Crippen molar-refractivity contribution in [2.24, 2.45) is 5.73 Å². The molecule has 1 heterocycles. The Hall–Kier alpha value is -0.460. The molecule has 2 N–H and O–H groups in total. The molecule has 0 aliphatic rings. The minimum Gasteiger partial charge on any atom is -0.320 e. The van der Waals surface area contributed by atoms with Crippen molar-refractivity contribution in [3.8, 4) is 0 Å². The SMILES string of the molecule is Cc1cc(F)cc(C(N)c2csc(I)c2)c1. The third-order valence-corrected chi connectivity index (χ3v) is 4.18. The Kier molecular flexibility index (Phi) is 3.61. The maximum Gasteiger partial charge on any atom is 0.123 e. The Bertz CT molecular complexity index is 489. The number of hydrogen-bond donors (Lipinski definition) is 1. The second kappa shape index (κ2) is 4.81. The monoisotopic (exact) mass is 347 g/mol. The number of hydrogen-bond acceptors (Lipinski definition) is 2. The third-order valence-electron chi connectivity index (χ3n) is 2.37. The number of halogens is 2. The highest BCUT2D eigenvalue weighted by molar-refractivity contribution is 14.1. The van der Waals surface area contributed by atoms with Crippen LogP contribution in [0.2, 0.25) is 0 Å². The van der Waals surface area contributed by atoms with Crippen LogP contribution < -0.4 is 5.73 Å². The highest BCUT2D eigenvalue weighted by Crippen LogP contribution is 2.26. The molecule has 4 heteroatoms. The minimum atomic E-state index is -0.242. The highest BCUT2D eigenvalue weighted by atomic mass is 127. The van der Waals surface area contributed by atoms with E-state index in [-0.39, 0.29) is 11.9 Å². The Labute approximate surface area is 112 Å². The molecule has 1 unspecified atom stereocenters. The molecule has 1 atom stereocenters. The molecule has 0 spiro atoms. The maximum absolute atomic E-state index is 13.3. The Balaban J connectivity index is 2.37. The molecule has 2 aromatic rings. The average Bonchev–Trinajstić information content (AvgIpc) is 2.62. The molecule has 1 aromatic carbocycles. The second-order valence-electron chi connectivity index (χ2n) is 3.72. The summed E-state index contributed by atoms with van der Waals surface area (Å²) in [6.45, 7) is 1.87. The summed E-state index contributed by atoms with van der Waals surface area (Å²) in [7, 11) is 0. The summed E-state index contributed by atoms with van der Waals surface area (Å²) >= 11 is 3.90. The zero-order chi connectivity index (χ0) is 11.7. The van der Waals surface area contributed by atoms with E-state index in [9.17, 15) is 4.39 Å². The zero-order valence-corrected chi connectivity index (χ0v) is 11.7. The van der Waals surface area contributed by atoms with Crippen molar-refractivity contribution in [3.63, 3.8) is 0 Å². The van der Waals surface area contributed by atoms with Crippen molar-refractivity contribution in [2.75, 3.05) is 0 Å². The molecule has 16 heavy (non-hydrogen) atoms. The molecule has 0 aliphatic heterocycles. The fraction of sp³-hybridized carbons (Fsp3) is 0.167. The molecule has 0 radical (unpaired) electrons. The van der Waals surface area contributed by atoms with Crippen LogP contribution >= 0.6 is 33.9 Å². The van der Waals surface area contributed by atoms with Crippen LogP contribution in [0.3, 0.4) is 0 Å². The van der Waals surface area contributed by atoms with E-state index < -0.39 is 0 Å². The van der Waals surface area contributed by atoms with Crippen LogP contribution in [0.25, 0.3) is 0 Å². The van der Waals surface area contributed by atoms with Gasteiger partial charge in [0.1, 0.15) is 5.82 Å². The fourth-order valence-electron chi connectivity index (χ4n) is 1.62. The predicted molar refractivity (Wildman–Crippen MR) is 74.2 cm³/mol. The summed E-state index contributed by atoms with van der Waals surface area (Å²) in [4.78, 5) is 0. The van der Waals surface area contributed by atoms with Crippen LogP contribution in [0.5, 0.6) is 0 Å². The smallest absolute Gasteiger partial charge is 0.123 e. The molecule has 84 valence electrons. The van der Waals surface area contributed by atoms with Crippen molar-refractivity contribution in [2.45, 2.75) is 13.0 Å². The van der Waals surface area contributed by atoms with E-state index in [1.807, 2.05) is 24.4 Å². The minimum absolute atomic E-state index is 0.227. The summed E-state index contributed by atoms with van der Waals surface area (Å²) in [5.41, 5.74) is 8.87. The van der Waals surface area contributed by atoms with Crippen molar-refractivity contribution in [1.29, 1.82) is 0 Å². The summed E-state index contributed by atoms with van der Waals surface area (Å²) in [5, 5.41) is 2.02. The molecule has 2 rings (SSSR count). The first-order chi connectivity index (χ1) is 7.56. The quantitative estimate of drug-likeness (QED) is 0.821. The van der Waals surface area contributed by atoms with Crippen molar-refractivity contribution >= 4 is 33.9 Å². The predicted octanol–water partition coefficient (Wildman–Crippen LogP) is 3.85. The van der Waals surface area contributed by atoms with Crippen molar-refractivity contribution in [1.82, 2.24) is 0 Å². The highest BCUT2D eigenvalue weighted by Gasteiger charge is 2.11. The Morgan fingerprint density at radius 2 is 2.00 bits per heavy atom. The van der Waals surface area contributed by atoms with Gasteiger partial charge in [0.2, 0.25) is 0 Å². The van der Waals surface area contributed by atoms with Gasteiger partial charge in [-0.2, -0.15) is 0 Å². The number of nitrogens with two attached hydrogens (primary N) is 1. The van der Waals surface area contributed by atoms with E-state index in [1.165, 1.54) is 15.0 Å². The van der Waals surface area contributed by atoms with E-state index in [4.69, 9.17) is 5.73 Å². The number of benzene rings is 1. The third kappa shape index (κ3) is 2.61. The maximum atomic E-state index is 13.3. The van der Waals surface area contributed by atoms with Gasteiger partial charge in [0.15, 0.2) is 0 Å². The molecule has 0 bridgehead atoms. The van der Waals surface area contributed by atoms with Gasteiger partial charge < -0.3 is 5.73 Å². The van der Waals surface area contributed by atoms with Crippen LogP contribution in [-0.4, -0.2) is 0 Å². The van der Waals surface area contributed by atoms with E-state index in [0.29, 0.717) is 0 Å².